The van der Waals surface area contributed by atoms with E-state index in [1.165, 1.54) is 11.3 Å². The number of para-hydroxylation sites is 3. The van der Waals surface area contributed by atoms with Gasteiger partial charge in [0.15, 0.2) is 0 Å². The van der Waals surface area contributed by atoms with Gasteiger partial charge in [0.05, 0.1) is 18.3 Å². The van der Waals surface area contributed by atoms with Crippen LogP contribution in [0.25, 0.3) is 0 Å². The Labute approximate surface area is 185 Å². The van der Waals surface area contributed by atoms with Crippen LogP contribution in [0.2, 0.25) is 0 Å². The Morgan fingerprint density at radius 2 is 1.87 bits per heavy atom. The first-order chi connectivity index (χ1) is 15.2. The highest BCUT2D eigenvalue weighted by molar-refractivity contribution is 7.10. The topological polar surface area (TPSA) is 70.7 Å². The first-order valence-electron chi connectivity index (χ1n) is 10.4. The molecule has 1 atom stereocenters. The smallest absolute Gasteiger partial charge is 0.313 e. The van der Waals surface area contributed by atoms with Gasteiger partial charge in [-0.1, -0.05) is 36.4 Å². The minimum Gasteiger partial charge on any atom is -0.492 e. The highest BCUT2D eigenvalue weighted by atomic mass is 32.1. The number of rotatable bonds is 7. The maximum absolute atomic E-state index is 12.6. The van der Waals surface area contributed by atoms with Crippen LogP contribution in [0.15, 0.2) is 66.0 Å². The van der Waals surface area contributed by atoms with E-state index < -0.39 is 11.8 Å². The third kappa shape index (κ3) is 4.72. The molecule has 2 heterocycles. The molecule has 7 heteroatoms. The molecule has 0 fully saturated rings. The van der Waals surface area contributed by atoms with E-state index in [1.54, 1.807) is 29.5 Å². The summed E-state index contributed by atoms with van der Waals surface area (Å²) in [7, 11) is 0. The van der Waals surface area contributed by atoms with Crippen LogP contribution in [0.5, 0.6) is 5.75 Å². The minimum absolute atomic E-state index is 0.0314. The Bertz CT molecular complexity index is 1050. The molecule has 31 heavy (non-hydrogen) atoms. The second-order valence-electron chi connectivity index (χ2n) is 7.20. The number of amides is 2. The Morgan fingerprint density at radius 1 is 1.06 bits per heavy atom. The van der Waals surface area contributed by atoms with Crippen LogP contribution in [-0.2, 0) is 16.0 Å². The fourth-order valence-corrected chi connectivity index (χ4v) is 4.67. The van der Waals surface area contributed by atoms with Crippen molar-refractivity contribution in [3.8, 4) is 5.75 Å². The van der Waals surface area contributed by atoms with E-state index in [-0.39, 0.29) is 6.04 Å². The summed E-state index contributed by atoms with van der Waals surface area (Å²) in [6, 6.07) is 19.5. The summed E-state index contributed by atoms with van der Waals surface area (Å²) in [5.74, 6) is -0.837. The molecule has 3 aromatic rings. The zero-order valence-corrected chi connectivity index (χ0v) is 18.2. The molecule has 2 aromatic carbocycles. The van der Waals surface area contributed by atoms with Crippen LogP contribution in [0, 0.1) is 0 Å². The summed E-state index contributed by atoms with van der Waals surface area (Å²) >= 11 is 1.65. The average Bonchev–Trinajstić information content (AvgIpc) is 3.46. The van der Waals surface area contributed by atoms with Gasteiger partial charge in [0.2, 0.25) is 0 Å². The van der Waals surface area contributed by atoms with E-state index in [9.17, 15) is 9.59 Å². The van der Waals surface area contributed by atoms with Crippen molar-refractivity contribution < 1.29 is 14.3 Å². The van der Waals surface area contributed by atoms with Crippen LogP contribution in [0.4, 0.5) is 11.4 Å². The van der Waals surface area contributed by atoms with Gasteiger partial charge in [-0.2, -0.15) is 0 Å². The lowest BCUT2D eigenvalue weighted by molar-refractivity contribution is -0.136. The van der Waals surface area contributed by atoms with Crippen molar-refractivity contribution in [3.63, 3.8) is 0 Å². The zero-order valence-electron chi connectivity index (χ0n) is 17.3. The molecule has 0 saturated heterocycles. The van der Waals surface area contributed by atoms with Gasteiger partial charge >= 0.3 is 11.8 Å². The lowest BCUT2D eigenvalue weighted by Gasteiger charge is -2.30. The molecule has 0 saturated carbocycles. The molecule has 0 radical (unpaired) electrons. The van der Waals surface area contributed by atoms with Gasteiger partial charge in [-0.25, -0.2) is 0 Å². The standard InChI is InChI=1S/C24H25N3O3S/c1-2-30-21-11-6-4-9-18(21)26-24(29)23(28)25-16-20(22-12-7-15-31-22)27-14-13-17-8-3-5-10-19(17)27/h3-12,15,20H,2,13-14,16H2,1H3,(H,25,28)(H,26,29). The van der Waals surface area contributed by atoms with E-state index in [0.29, 0.717) is 24.6 Å². The molecular formula is C24H25N3O3S. The van der Waals surface area contributed by atoms with Crippen molar-refractivity contribution in [2.45, 2.75) is 19.4 Å². The number of anilines is 2. The Hall–Kier alpha value is -3.32. The van der Waals surface area contributed by atoms with Crippen LogP contribution < -0.4 is 20.3 Å². The lowest BCUT2D eigenvalue weighted by Crippen LogP contribution is -2.41. The summed E-state index contributed by atoms with van der Waals surface area (Å²) in [6.07, 6.45) is 0.973. The molecule has 0 aliphatic carbocycles. The molecule has 1 aliphatic rings. The summed E-state index contributed by atoms with van der Waals surface area (Å²) < 4.78 is 5.51. The molecule has 0 bridgehead atoms. The van der Waals surface area contributed by atoms with E-state index >= 15 is 0 Å². The van der Waals surface area contributed by atoms with Crippen molar-refractivity contribution in [3.05, 3.63) is 76.5 Å². The molecule has 2 amide bonds. The number of fused-ring (bicyclic) bond motifs is 1. The van der Waals surface area contributed by atoms with Crippen molar-refractivity contribution in [2.75, 3.05) is 29.9 Å². The Morgan fingerprint density at radius 3 is 2.68 bits per heavy atom. The monoisotopic (exact) mass is 435 g/mol. The third-order valence-electron chi connectivity index (χ3n) is 5.27. The zero-order chi connectivity index (χ0) is 21.6. The number of hydrogen-bond acceptors (Lipinski definition) is 5. The molecule has 1 aliphatic heterocycles. The summed E-state index contributed by atoms with van der Waals surface area (Å²) in [6.45, 7) is 3.56. The molecule has 6 nitrogen and oxygen atoms in total. The summed E-state index contributed by atoms with van der Waals surface area (Å²) in [4.78, 5) is 28.5. The van der Waals surface area contributed by atoms with Gasteiger partial charge in [0, 0.05) is 23.7 Å². The number of nitrogens with one attached hydrogen (secondary N) is 2. The predicted octanol–water partition coefficient (Wildman–Crippen LogP) is 4.01. The van der Waals surface area contributed by atoms with Gasteiger partial charge in [-0.05, 0) is 48.6 Å². The predicted molar refractivity (Wildman–Crippen MR) is 124 cm³/mol. The number of hydrogen-bond donors (Lipinski definition) is 2. The quantitative estimate of drug-likeness (QED) is 0.550. The summed E-state index contributed by atoms with van der Waals surface area (Å²) in [5, 5.41) is 7.51. The summed E-state index contributed by atoms with van der Waals surface area (Å²) in [5.41, 5.74) is 2.97. The van der Waals surface area contributed by atoms with E-state index in [0.717, 1.165) is 17.8 Å². The van der Waals surface area contributed by atoms with Gasteiger partial charge in [0.25, 0.3) is 0 Å². The van der Waals surface area contributed by atoms with Crippen molar-refractivity contribution in [1.82, 2.24) is 5.32 Å². The Kier molecular flexibility index (Phi) is 6.52. The number of ether oxygens (including phenoxy) is 1. The fraction of sp³-hybridized carbons (Fsp3) is 0.250. The van der Waals surface area contributed by atoms with Crippen LogP contribution in [0.1, 0.15) is 23.4 Å². The molecule has 1 aromatic heterocycles. The van der Waals surface area contributed by atoms with E-state index in [2.05, 4.69) is 39.8 Å². The average molecular weight is 436 g/mol. The third-order valence-corrected chi connectivity index (χ3v) is 6.24. The van der Waals surface area contributed by atoms with Gasteiger partial charge < -0.3 is 20.3 Å². The van der Waals surface area contributed by atoms with E-state index in [1.807, 2.05) is 30.5 Å². The number of carbonyl (C=O) groups is 2. The number of nitrogens with zero attached hydrogens (tertiary/aromatic N) is 1. The minimum atomic E-state index is -0.709. The van der Waals surface area contributed by atoms with E-state index in [4.69, 9.17) is 4.74 Å². The molecule has 1 unspecified atom stereocenters. The Balaban J connectivity index is 1.44. The highest BCUT2D eigenvalue weighted by Gasteiger charge is 2.28. The first-order valence-corrected chi connectivity index (χ1v) is 11.2. The van der Waals surface area contributed by atoms with Crippen LogP contribution in [0.3, 0.4) is 0 Å². The molecule has 2 N–H and O–H groups in total. The van der Waals surface area contributed by atoms with Gasteiger partial charge in [0.1, 0.15) is 5.75 Å². The molecule has 4 rings (SSSR count). The normalized spacial score (nSPS) is 13.4. The lowest BCUT2D eigenvalue weighted by atomic mass is 10.1. The molecule has 160 valence electrons. The maximum atomic E-state index is 12.6. The highest BCUT2D eigenvalue weighted by Crippen LogP contribution is 2.36. The van der Waals surface area contributed by atoms with Crippen molar-refractivity contribution in [2.24, 2.45) is 0 Å². The fourth-order valence-electron chi connectivity index (χ4n) is 3.83. The molecule has 0 spiro atoms. The second-order valence-corrected chi connectivity index (χ2v) is 8.18. The SMILES string of the molecule is CCOc1ccccc1NC(=O)C(=O)NCC(c1cccs1)N1CCc2ccccc21. The van der Waals surface area contributed by atoms with Gasteiger partial charge in [-0.15, -0.1) is 11.3 Å². The van der Waals surface area contributed by atoms with Crippen molar-refractivity contribution in [1.29, 1.82) is 0 Å². The molecular weight excluding hydrogens is 410 g/mol. The van der Waals surface area contributed by atoms with Crippen LogP contribution in [-0.4, -0.2) is 31.5 Å². The maximum Gasteiger partial charge on any atom is 0.313 e. The number of thiophene rings is 1. The van der Waals surface area contributed by atoms with Crippen LogP contribution >= 0.6 is 11.3 Å². The number of carbonyl (C=O) groups excluding carboxylic acids is 2. The second kappa shape index (κ2) is 9.66. The first kappa shape index (κ1) is 20.9. The largest absolute Gasteiger partial charge is 0.492 e. The van der Waals surface area contributed by atoms with Crippen molar-refractivity contribution >= 4 is 34.5 Å². The number of benzene rings is 2. The van der Waals surface area contributed by atoms with Gasteiger partial charge in [-0.3, -0.25) is 9.59 Å².